The van der Waals surface area contributed by atoms with Crippen LogP contribution in [0.1, 0.15) is 36.8 Å². The maximum absolute atomic E-state index is 12.4. The van der Waals surface area contributed by atoms with E-state index in [2.05, 4.69) is 32.6 Å². The topological polar surface area (TPSA) is 92.1 Å². The van der Waals surface area contributed by atoms with Gasteiger partial charge in [0.05, 0.1) is 17.8 Å². The number of carbonyl (C=O) groups excluding carboxylic acids is 1. The van der Waals surface area contributed by atoms with Crippen molar-refractivity contribution < 1.29 is 4.79 Å². The predicted molar refractivity (Wildman–Crippen MR) is 146 cm³/mol. The van der Waals surface area contributed by atoms with E-state index < -0.39 is 0 Å². The molecule has 4 rings (SSSR count). The van der Waals surface area contributed by atoms with Crippen LogP contribution in [0.15, 0.2) is 65.1 Å². The number of fused-ring (bicyclic) bond motifs is 1. The number of nitrogens with zero attached hydrogens (tertiary/aromatic N) is 6. The largest absolute Gasteiger partial charge is 0.402 e. The van der Waals surface area contributed by atoms with Gasteiger partial charge in [-0.15, -0.1) is 10.2 Å². The van der Waals surface area contributed by atoms with E-state index in [4.69, 9.17) is 22.3 Å². The number of likely N-dealkylation sites (N-methyl/N-ethyl adjacent to an activating group) is 1. The molecule has 0 radical (unpaired) electrons. The van der Waals surface area contributed by atoms with Gasteiger partial charge in [-0.1, -0.05) is 30.3 Å². The van der Waals surface area contributed by atoms with Gasteiger partial charge >= 0.3 is 0 Å². The van der Waals surface area contributed by atoms with E-state index in [-0.39, 0.29) is 12.1 Å². The van der Waals surface area contributed by atoms with Gasteiger partial charge in [0.2, 0.25) is 0 Å². The Labute approximate surface area is 216 Å². The summed E-state index contributed by atoms with van der Waals surface area (Å²) in [6, 6.07) is 9.27. The summed E-state index contributed by atoms with van der Waals surface area (Å²) in [6.45, 7) is 13.1. The summed E-state index contributed by atoms with van der Waals surface area (Å²) in [5, 5.41) is 9.12. The highest BCUT2D eigenvalue weighted by Crippen LogP contribution is 2.35. The number of aromatic nitrogens is 3. The van der Waals surface area contributed by atoms with E-state index in [9.17, 15) is 4.79 Å². The first-order valence-electron chi connectivity index (χ1n) is 11.8. The molecule has 0 saturated carbocycles. The van der Waals surface area contributed by atoms with Crippen molar-refractivity contribution in [3.8, 4) is 0 Å². The van der Waals surface area contributed by atoms with E-state index in [0.717, 1.165) is 53.4 Å². The fourth-order valence-corrected chi connectivity index (χ4v) is 4.71. The van der Waals surface area contributed by atoms with Crippen molar-refractivity contribution >= 4 is 34.9 Å². The number of aryl methyl sites for hydroxylation is 2. The second-order valence-corrected chi connectivity index (χ2v) is 9.85. The molecule has 1 atom stereocenters. The number of aliphatic imine (C=N–C) groups is 1. The summed E-state index contributed by atoms with van der Waals surface area (Å²) in [5.41, 5.74) is 12.7. The maximum Gasteiger partial charge on any atom is 0.168 e. The molecule has 188 valence electrons. The number of allylic oxidation sites excluding steroid dienone is 2. The molecule has 0 aliphatic carbocycles. The molecular weight excluding hydrogens is 474 g/mol. The van der Waals surface area contributed by atoms with Crippen LogP contribution in [0.3, 0.4) is 0 Å². The summed E-state index contributed by atoms with van der Waals surface area (Å²) in [4.78, 5) is 21.5. The minimum Gasteiger partial charge on any atom is -0.402 e. The summed E-state index contributed by atoms with van der Waals surface area (Å²) >= 11 is 6.21. The molecule has 2 N–H and O–H groups in total. The van der Waals surface area contributed by atoms with Crippen molar-refractivity contribution in [3.05, 3.63) is 82.0 Å². The Hall–Kier alpha value is -3.65. The van der Waals surface area contributed by atoms with Gasteiger partial charge in [0, 0.05) is 48.3 Å². The Morgan fingerprint density at radius 2 is 1.92 bits per heavy atom. The lowest BCUT2D eigenvalue weighted by Crippen LogP contribution is -2.48. The molecule has 2 aromatic heterocycles. The van der Waals surface area contributed by atoms with E-state index in [1.807, 2.05) is 69.6 Å². The molecule has 8 nitrogen and oxygen atoms in total. The van der Waals surface area contributed by atoms with Crippen LogP contribution in [0.4, 0.5) is 5.69 Å². The number of rotatable bonds is 8. The van der Waals surface area contributed by atoms with Crippen molar-refractivity contribution in [2.24, 2.45) is 10.7 Å². The lowest BCUT2D eigenvalue weighted by atomic mass is 9.91. The standard InChI is InChI=1S/C27H32ClN7O/c1-16(2)34-12-22(13-34)30-24(15-36)25(18(4)29)26(20-7-9-21(28)10-8-20)33(6)23-11-17(3)27-32-31-19(5)35(27)14-23/h7-11,14-15,22,26H,1,12-13,29H2,2-6H3. The highest BCUT2D eigenvalue weighted by molar-refractivity contribution is 6.37. The summed E-state index contributed by atoms with van der Waals surface area (Å²) in [6.07, 6.45) is 2.81. The van der Waals surface area contributed by atoms with Crippen molar-refractivity contribution in [1.29, 1.82) is 0 Å². The maximum atomic E-state index is 12.4. The molecule has 1 aliphatic rings. The van der Waals surface area contributed by atoms with Crippen molar-refractivity contribution in [3.63, 3.8) is 0 Å². The second-order valence-electron chi connectivity index (χ2n) is 9.41. The minimum atomic E-state index is -0.387. The molecule has 36 heavy (non-hydrogen) atoms. The molecule has 3 aromatic rings. The normalized spacial score (nSPS) is 15.9. The number of likely N-dealkylation sites (tertiary alicyclic amines) is 1. The number of hydrogen-bond acceptors (Lipinski definition) is 7. The van der Waals surface area contributed by atoms with Crippen LogP contribution in [0.2, 0.25) is 5.02 Å². The molecule has 0 amide bonds. The Morgan fingerprint density at radius 3 is 2.50 bits per heavy atom. The Morgan fingerprint density at radius 1 is 1.25 bits per heavy atom. The van der Waals surface area contributed by atoms with Crippen LogP contribution in [0.5, 0.6) is 0 Å². The zero-order valence-corrected chi connectivity index (χ0v) is 22.1. The van der Waals surface area contributed by atoms with E-state index in [1.54, 1.807) is 0 Å². The lowest BCUT2D eigenvalue weighted by molar-refractivity contribution is -0.102. The highest BCUT2D eigenvalue weighted by atomic mass is 35.5. The van der Waals surface area contributed by atoms with Gasteiger partial charge in [0.25, 0.3) is 0 Å². The number of aldehydes is 1. The van der Waals surface area contributed by atoms with E-state index >= 15 is 0 Å². The molecule has 0 spiro atoms. The first kappa shape index (κ1) is 25.4. The molecule has 1 aromatic carbocycles. The molecule has 0 bridgehead atoms. The van der Waals surface area contributed by atoms with Gasteiger partial charge in [-0.05, 0) is 57.0 Å². The van der Waals surface area contributed by atoms with Gasteiger partial charge in [0.15, 0.2) is 11.9 Å². The van der Waals surface area contributed by atoms with Gasteiger partial charge < -0.3 is 15.5 Å². The minimum absolute atomic E-state index is 0.00527. The first-order chi connectivity index (χ1) is 17.1. The van der Waals surface area contributed by atoms with Crippen molar-refractivity contribution in [2.45, 2.75) is 39.8 Å². The SMILES string of the molecule is C=C(C)N1CC(N=C(C=O)C(=C(C)N)C(c2ccc(Cl)cc2)N(C)c2cc(C)c3nnc(C)n3c2)C1. The van der Waals surface area contributed by atoms with Crippen LogP contribution in [0.25, 0.3) is 5.65 Å². The second kappa shape index (κ2) is 10.1. The number of hydrogen-bond donors (Lipinski definition) is 1. The number of benzene rings is 1. The smallest absolute Gasteiger partial charge is 0.168 e. The van der Waals surface area contributed by atoms with Gasteiger partial charge in [-0.2, -0.15) is 0 Å². The number of anilines is 1. The van der Waals surface area contributed by atoms with Gasteiger partial charge in [-0.3, -0.25) is 14.2 Å². The van der Waals surface area contributed by atoms with Crippen LogP contribution in [-0.4, -0.2) is 57.7 Å². The third kappa shape index (κ3) is 4.86. The molecule has 1 saturated heterocycles. The monoisotopic (exact) mass is 505 g/mol. The lowest BCUT2D eigenvalue weighted by Gasteiger charge is -2.39. The van der Waals surface area contributed by atoms with Crippen LogP contribution < -0.4 is 10.6 Å². The van der Waals surface area contributed by atoms with Gasteiger partial charge in [0.1, 0.15) is 11.5 Å². The third-order valence-corrected chi connectivity index (χ3v) is 6.89. The molecule has 1 unspecified atom stereocenters. The molecular formula is C27H32ClN7O. The van der Waals surface area contributed by atoms with Crippen LogP contribution in [-0.2, 0) is 4.79 Å². The van der Waals surface area contributed by atoms with Crippen molar-refractivity contribution in [1.82, 2.24) is 19.5 Å². The number of carbonyl (C=O) groups is 1. The molecule has 1 fully saturated rings. The molecule has 1 aliphatic heterocycles. The highest BCUT2D eigenvalue weighted by Gasteiger charge is 2.31. The zero-order chi connectivity index (χ0) is 26.1. The fraction of sp³-hybridized carbons (Fsp3) is 0.333. The number of pyridine rings is 1. The Bertz CT molecular complexity index is 1360. The summed E-state index contributed by atoms with van der Waals surface area (Å²) < 4.78 is 1.97. The average Bonchev–Trinajstić information content (AvgIpc) is 3.18. The van der Waals surface area contributed by atoms with Crippen LogP contribution in [0, 0.1) is 13.8 Å². The molecule has 9 heteroatoms. The van der Waals surface area contributed by atoms with E-state index in [0.29, 0.717) is 22.0 Å². The quantitative estimate of drug-likeness (QED) is 0.363. The first-order valence-corrected chi connectivity index (χ1v) is 12.2. The Kier molecular flexibility index (Phi) is 7.17. The summed E-state index contributed by atoms with van der Waals surface area (Å²) in [7, 11) is 1.98. The average molecular weight is 506 g/mol. The number of nitrogens with two attached hydrogens (primary N) is 1. The zero-order valence-electron chi connectivity index (χ0n) is 21.4. The molecule has 3 heterocycles. The fourth-order valence-electron chi connectivity index (χ4n) is 4.59. The summed E-state index contributed by atoms with van der Waals surface area (Å²) in [5.74, 6) is 0.791. The predicted octanol–water partition coefficient (Wildman–Crippen LogP) is 4.27. The van der Waals surface area contributed by atoms with Crippen LogP contribution >= 0.6 is 11.6 Å². The number of halogens is 1. The Balaban J connectivity index is 1.82. The van der Waals surface area contributed by atoms with Gasteiger partial charge in [-0.25, -0.2) is 0 Å². The van der Waals surface area contributed by atoms with E-state index in [1.165, 1.54) is 0 Å². The van der Waals surface area contributed by atoms with Crippen molar-refractivity contribution in [2.75, 3.05) is 25.0 Å². The third-order valence-electron chi connectivity index (χ3n) is 6.63.